The second-order valence-corrected chi connectivity index (χ2v) is 3.76. The highest BCUT2D eigenvalue weighted by Crippen LogP contribution is 2.09. The molecule has 2 atom stereocenters. The van der Waals surface area contributed by atoms with E-state index in [9.17, 15) is 10.2 Å². The summed E-state index contributed by atoms with van der Waals surface area (Å²) in [5.41, 5.74) is 1.09. The van der Waals surface area contributed by atoms with E-state index in [1.165, 1.54) is 0 Å². The third-order valence-electron chi connectivity index (χ3n) is 2.30. The molecule has 0 saturated carbocycles. The van der Waals surface area contributed by atoms with Gasteiger partial charge in [-0.15, -0.1) is 6.58 Å². The zero-order valence-corrected chi connectivity index (χ0v) is 8.84. The fourth-order valence-electron chi connectivity index (χ4n) is 1.57. The van der Waals surface area contributed by atoms with E-state index >= 15 is 0 Å². The Morgan fingerprint density at radius 3 is 2.40 bits per heavy atom. The lowest BCUT2D eigenvalue weighted by Gasteiger charge is -2.14. The van der Waals surface area contributed by atoms with Crippen molar-refractivity contribution in [3.8, 4) is 0 Å². The molecule has 1 aromatic carbocycles. The molecule has 82 valence electrons. The van der Waals surface area contributed by atoms with Crippen LogP contribution in [0.4, 0.5) is 0 Å². The minimum Gasteiger partial charge on any atom is -0.393 e. The first-order valence-electron chi connectivity index (χ1n) is 5.23. The third kappa shape index (κ3) is 4.77. The van der Waals surface area contributed by atoms with Crippen molar-refractivity contribution in [2.24, 2.45) is 0 Å². The van der Waals surface area contributed by atoms with Crippen molar-refractivity contribution in [1.29, 1.82) is 0 Å². The van der Waals surface area contributed by atoms with Crippen LogP contribution in [-0.2, 0) is 6.42 Å². The van der Waals surface area contributed by atoms with Crippen LogP contribution >= 0.6 is 0 Å². The lowest BCUT2D eigenvalue weighted by atomic mass is 10.0. The number of rotatable bonds is 6. The molecule has 0 aliphatic heterocycles. The molecule has 0 bridgehead atoms. The topological polar surface area (TPSA) is 40.5 Å². The van der Waals surface area contributed by atoms with Crippen LogP contribution in [0.3, 0.4) is 0 Å². The maximum absolute atomic E-state index is 9.71. The van der Waals surface area contributed by atoms with E-state index in [1.807, 2.05) is 30.3 Å². The van der Waals surface area contributed by atoms with Gasteiger partial charge in [0.1, 0.15) is 0 Å². The summed E-state index contributed by atoms with van der Waals surface area (Å²) in [5.74, 6) is 0. The van der Waals surface area contributed by atoms with E-state index in [2.05, 4.69) is 6.58 Å². The van der Waals surface area contributed by atoms with Crippen molar-refractivity contribution in [3.63, 3.8) is 0 Å². The Labute approximate surface area is 90.9 Å². The predicted molar refractivity (Wildman–Crippen MR) is 61.6 cm³/mol. The molecule has 0 aromatic heterocycles. The van der Waals surface area contributed by atoms with E-state index in [-0.39, 0.29) is 0 Å². The van der Waals surface area contributed by atoms with E-state index < -0.39 is 12.2 Å². The first-order chi connectivity index (χ1) is 7.22. The number of aliphatic hydroxyl groups excluding tert-OH is 2. The standard InChI is InChI=1S/C13H18O2/c1-2-6-12(14)10-13(15)9-11-7-4-3-5-8-11/h2-5,7-8,12-15H,1,6,9-10H2/t12-,13-/m0/s1. The van der Waals surface area contributed by atoms with Crippen molar-refractivity contribution >= 4 is 0 Å². The molecule has 0 unspecified atom stereocenters. The van der Waals surface area contributed by atoms with Gasteiger partial charge in [-0.1, -0.05) is 36.4 Å². The van der Waals surface area contributed by atoms with Gasteiger partial charge in [0, 0.05) is 0 Å². The van der Waals surface area contributed by atoms with Crippen LogP contribution in [0.1, 0.15) is 18.4 Å². The summed E-state index contributed by atoms with van der Waals surface area (Å²) in [7, 11) is 0. The smallest absolute Gasteiger partial charge is 0.0605 e. The van der Waals surface area contributed by atoms with E-state index in [0.29, 0.717) is 19.3 Å². The molecule has 0 amide bonds. The molecule has 0 radical (unpaired) electrons. The second-order valence-electron chi connectivity index (χ2n) is 3.76. The highest BCUT2D eigenvalue weighted by molar-refractivity contribution is 5.15. The first kappa shape index (κ1) is 12.0. The van der Waals surface area contributed by atoms with E-state index in [1.54, 1.807) is 6.08 Å². The number of hydrogen-bond acceptors (Lipinski definition) is 2. The predicted octanol–water partition coefficient (Wildman–Crippen LogP) is 1.92. The molecule has 2 N–H and O–H groups in total. The minimum absolute atomic E-state index is 0.404. The zero-order chi connectivity index (χ0) is 11.1. The SMILES string of the molecule is C=CC[C@H](O)C[C@@H](O)Cc1ccccc1. The quantitative estimate of drug-likeness (QED) is 0.698. The van der Waals surface area contributed by atoms with Crippen molar-refractivity contribution in [3.05, 3.63) is 48.6 Å². The maximum atomic E-state index is 9.71. The molecule has 0 aliphatic carbocycles. The molecule has 15 heavy (non-hydrogen) atoms. The minimum atomic E-state index is -0.485. The number of hydrogen-bond donors (Lipinski definition) is 2. The lowest BCUT2D eigenvalue weighted by Crippen LogP contribution is -2.19. The molecule has 2 nitrogen and oxygen atoms in total. The molecule has 0 fully saturated rings. The van der Waals surface area contributed by atoms with Crippen LogP contribution < -0.4 is 0 Å². The van der Waals surface area contributed by atoms with Crippen molar-refractivity contribution in [2.75, 3.05) is 0 Å². The fraction of sp³-hybridized carbons (Fsp3) is 0.385. The van der Waals surface area contributed by atoms with Crippen LogP contribution in [0.2, 0.25) is 0 Å². The van der Waals surface area contributed by atoms with Gasteiger partial charge in [-0.2, -0.15) is 0 Å². The van der Waals surface area contributed by atoms with Crippen molar-refractivity contribution < 1.29 is 10.2 Å². The zero-order valence-electron chi connectivity index (χ0n) is 8.84. The van der Waals surface area contributed by atoms with Gasteiger partial charge >= 0.3 is 0 Å². The molecule has 2 heteroatoms. The summed E-state index contributed by atoms with van der Waals surface area (Å²) in [5, 5.41) is 19.2. The summed E-state index contributed by atoms with van der Waals surface area (Å²) in [4.78, 5) is 0. The van der Waals surface area contributed by atoms with Crippen molar-refractivity contribution in [2.45, 2.75) is 31.5 Å². The highest BCUT2D eigenvalue weighted by atomic mass is 16.3. The summed E-state index contributed by atoms with van der Waals surface area (Å²) in [6.07, 6.45) is 2.23. The fourth-order valence-corrected chi connectivity index (χ4v) is 1.57. The molecule has 1 aromatic rings. The van der Waals surface area contributed by atoms with Gasteiger partial charge in [-0.3, -0.25) is 0 Å². The Bertz CT molecular complexity index is 282. The summed E-state index contributed by atoms with van der Waals surface area (Å²) in [6.45, 7) is 3.55. The van der Waals surface area contributed by atoms with Crippen LogP contribution in [0.5, 0.6) is 0 Å². The molecule has 0 saturated heterocycles. The van der Waals surface area contributed by atoms with Crippen LogP contribution in [-0.4, -0.2) is 22.4 Å². The highest BCUT2D eigenvalue weighted by Gasteiger charge is 2.10. The summed E-state index contributed by atoms with van der Waals surface area (Å²) >= 11 is 0. The third-order valence-corrected chi connectivity index (χ3v) is 2.30. The Morgan fingerprint density at radius 1 is 1.13 bits per heavy atom. The Hall–Kier alpha value is -1.12. The van der Waals surface area contributed by atoms with E-state index in [4.69, 9.17) is 0 Å². The van der Waals surface area contributed by atoms with Gasteiger partial charge in [0.25, 0.3) is 0 Å². The van der Waals surface area contributed by atoms with Crippen molar-refractivity contribution in [1.82, 2.24) is 0 Å². The average molecular weight is 206 g/mol. The van der Waals surface area contributed by atoms with Gasteiger partial charge in [0.2, 0.25) is 0 Å². The Balaban J connectivity index is 2.36. The van der Waals surface area contributed by atoms with Gasteiger partial charge in [0.05, 0.1) is 12.2 Å². The molecule has 0 heterocycles. The number of aliphatic hydroxyl groups is 2. The van der Waals surface area contributed by atoms with Gasteiger partial charge in [-0.25, -0.2) is 0 Å². The Kier molecular flexibility index (Phi) is 5.08. The maximum Gasteiger partial charge on any atom is 0.0605 e. The second kappa shape index (κ2) is 6.38. The molecule has 0 aliphatic rings. The molecular formula is C13H18O2. The first-order valence-corrected chi connectivity index (χ1v) is 5.23. The van der Waals surface area contributed by atoms with Gasteiger partial charge < -0.3 is 10.2 Å². The van der Waals surface area contributed by atoms with E-state index in [0.717, 1.165) is 5.56 Å². The molecule has 1 rings (SSSR count). The van der Waals surface area contributed by atoms with Crippen LogP contribution in [0.15, 0.2) is 43.0 Å². The largest absolute Gasteiger partial charge is 0.393 e. The average Bonchev–Trinajstić information content (AvgIpc) is 2.19. The van der Waals surface area contributed by atoms with Gasteiger partial charge in [-0.05, 0) is 24.8 Å². The summed E-state index contributed by atoms with van der Waals surface area (Å²) < 4.78 is 0. The van der Waals surface area contributed by atoms with Crippen LogP contribution in [0.25, 0.3) is 0 Å². The molecule has 0 spiro atoms. The normalized spacial score (nSPS) is 14.5. The number of benzene rings is 1. The lowest BCUT2D eigenvalue weighted by molar-refractivity contribution is 0.0825. The van der Waals surface area contributed by atoms with Gasteiger partial charge in [0.15, 0.2) is 0 Å². The Morgan fingerprint density at radius 2 is 1.80 bits per heavy atom. The monoisotopic (exact) mass is 206 g/mol. The molecular weight excluding hydrogens is 188 g/mol. The summed E-state index contributed by atoms with van der Waals surface area (Å²) in [6, 6.07) is 9.79. The van der Waals surface area contributed by atoms with Crippen LogP contribution in [0, 0.1) is 0 Å².